The highest BCUT2D eigenvalue weighted by Gasteiger charge is 2.19. The quantitative estimate of drug-likeness (QED) is 0.864. The van der Waals surface area contributed by atoms with Gasteiger partial charge in [0, 0.05) is 38.4 Å². The van der Waals surface area contributed by atoms with Gasteiger partial charge >= 0.3 is 0 Å². The van der Waals surface area contributed by atoms with Crippen molar-refractivity contribution >= 4 is 0 Å². The molecular weight excluding hydrogens is 224 g/mol. The van der Waals surface area contributed by atoms with Crippen LogP contribution in [-0.4, -0.2) is 39.9 Å². The second-order valence-corrected chi connectivity index (χ2v) is 5.62. The first-order chi connectivity index (χ1) is 8.66. The number of rotatable bonds is 5. The van der Waals surface area contributed by atoms with Crippen molar-refractivity contribution in [3.63, 3.8) is 0 Å². The van der Waals surface area contributed by atoms with E-state index in [1.165, 1.54) is 31.5 Å². The van der Waals surface area contributed by atoms with Crippen LogP contribution in [0.5, 0.6) is 0 Å². The zero-order chi connectivity index (χ0) is 13.0. The molecule has 0 bridgehead atoms. The molecule has 1 aliphatic rings. The summed E-state index contributed by atoms with van der Waals surface area (Å²) in [4.78, 5) is 2.54. The van der Waals surface area contributed by atoms with Crippen LogP contribution in [0.25, 0.3) is 0 Å². The van der Waals surface area contributed by atoms with E-state index in [9.17, 15) is 0 Å². The molecule has 4 nitrogen and oxygen atoms in total. The van der Waals surface area contributed by atoms with Gasteiger partial charge in [0.05, 0.1) is 5.69 Å². The zero-order valence-corrected chi connectivity index (χ0v) is 11.9. The van der Waals surface area contributed by atoms with Crippen molar-refractivity contribution in [2.75, 3.05) is 13.1 Å². The Morgan fingerprint density at radius 2 is 2.33 bits per heavy atom. The average molecular weight is 250 g/mol. The number of nitrogens with zero attached hydrogens (tertiary/aromatic N) is 3. The van der Waals surface area contributed by atoms with Gasteiger partial charge in [-0.15, -0.1) is 0 Å². The van der Waals surface area contributed by atoms with Crippen LogP contribution in [0.1, 0.15) is 38.8 Å². The van der Waals surface area contributed by atoms with Gasteiger partial charge in [0.1, 0.15) is 0 Å². The smallest absolute Gasteiger partial charge is 0.0521 e. The van der Waals surface area contributed by atoms with Crippen molar-refractivity contribution < 1.29 is 0 Å². The molecule has 1 aromatic heterocycles. The lowest BCUT2D eigenvalue weighted by Gasteiger charge is -2.33. The lowest BCUT2D eigenvalue weighted by Crippen LogP contribution is -2.45. The fourth-order valence-electron chi connectivity index (χ4n) is 2.59. The Kier molecular flexibility index (Phi) is 4.78. The van der Waals surface area contributed by atoms with Crippen LogP contribution in [0.3, 0.4) is 0 Å². The van der Waals surface area contributed by atoms with Crippen molar-refractivity contribution in [3.8, 4) is 0 Å². The van der Waals surface area contributed by atoms with Crippen LogP contribution in [0.4, 0.5) is 0 Å². The van der Waals surface area contributed by atoms with Crippen molar-refractivity contribution in [2.24, 2.45) is 7.05 Å². The van der Waals surface area contributed by atoms with E-state index in [2.05, 4.69) is 35.2 Å². The van der Waals surface area contributed by atoms with Gasteiger partial charge in [0.15, 0.2) is 0 Å². The van der Waals surface area contributed by atoms with Crippen molar-refractivity contribution in [3.05, 3.63) is 18.0 Å². The van der Waals surface area contributed by atoms with Gasteiger partial charge in [-0.3, -0.25) is 9.58 Å². The SMILES string of the molecule is CC(C)N(Cc1ccnn1C)CC1CCCCN1. The summed E-state index contributed by atoms with van der Waals surface area (Å²) in [7, 11) is 2.02. The van der Waals surface area contributed by atoms with Gasteiger partial charge in [-0.25, -0.2) is 0 Å². The number of hydrogen-bond donors (Lipinski definition) is 1. The normalized spacial score (nSPS) is 20.8. The maximum atomic E-state index is 4.25. The molecule has 1 aromatic rings. The Bertz CT molecular complexity index is 352. The molecule has 1 aliphatic heterocycles. The predicted molar refractivity (Wildman–Crippen MR) is 74.4 cm³/mol. The summed E-state index contributed by atoms with van der Waals surface area (Å²) in [5.41, 5.74) is 1.29. The molecule has 4 heteroatoms. The van der Waals surface area contributed by atoms with E-state index in [-0.39, 0.29) is 0 Å². The van der Waals surface area contributed by atoms with Crippen LogP contribution in [0.2, 0.25) is 0 Å². The molecule has 1 unspecified atom stereocenters. The van der Waals surface area contributed by atoms with Gasteiger partial charge < -0.3 is 5.32 Å². The third-order valence-electron chi connectivity index (χ3n) is 3.89. The summed E-state index contributed by atoms with van der Waals surface area (Å²) < 4.78 is 1.98. The lowest BCUT2D eigenvalue weighted by atomic mass is 10.0. The van der Waals surface area contributed by atoms with E-state index >= 15 is 0 Å². The molecule has 0 amide bonds. The van der Waals surface area contributed by atoms with Gasteiger partial charge in [0.2, 0.25) is 0 Å². The topological polar surface area (TPSA) is 33.1 Å². The first-order valence-electron chi connectivity index (χ1n) is 7.11. The third kappa shape index (κ3) is 3.56. The molecule has 0 spiro atoms. The molecule has 1 fully saturated rings. The van der Waals surface area contributed by atoms with Crippen LogP contribution < -0.4 is 5.32 Å². The number of piperidine rings is 1. The molecule has 1 saturated heterocycles. The molecule has 2 heterocycles. The summed E-state index contributed by atoms with van der Waals surface area (Å²) in [6, 6.07) is 3.35. The summed E-state index contributed by atoms with van der Waals surface area (Å²) in [5.74, 6) is 0. The molecule has 0 saturated carbocycles. The molecule has 0 aromatic carbocycles. The minimum atomic E-state index is 0.573. The monoisotopic (exact) mass is 250 g/mol. The third-order valence-corrected chi connectivity index (χ3v) is 3.89. The van der Waals surface area contributed by atoms with Crippen molar-refractivity contribution in [1.29, 1.82) is 0 Å². The minimum absolute atomic E-state index is 0.573. The molecule has 102 valence electrons. The van der Waals surface area contributed by atoms with Crippen molar-refractivity contribution in [2.45, 2.75) is 51.7 Å². The average Bonchev–Trinajstić information content (AvgIpc) is 2.75. The minimum Gasteiger partial charge on any atom is -0.313 e. The summed E-state index contributed by atoms with van der Waals surface area (Å²) in [6.45, 7) is 7.87. The Morgan fingerprint density at radius 1 is 1.50 bits per heavy atom. The first kappa shape index (κ1) is 13.6. The van der Waals surface area contributed by atoms with Crippen LogP contribution in [0, 0.1) is 0 Å². The van der Waals surface area contributed by atoms with Gasteiger partial charge in [-0.05, 0) is 39.3 Å². The fourth-order valence-corrected chi connectivity index (χ4v) is 2.59. The fraction of sp³-hybridized carbons (Fsp3) is 0.786. The Hall–Kier alpha value is -0.870. The largest absolute Gasteiger partial charge is 0.313 e. The summed E-state index contributed by atoms with van der Waals surface area (Å²) >= 11 is 0. The Labute approximate surface area is 110 Å². The second-order valence-electron chi connectivity index (χ2n) is 5.62. The maximum Gasteiger partial charge on any atom is 0.0521 e. The van der Waals surface area contributed by atoms with Crippen LogP contribution in [0.15, 0.2) is 12.3 Å². The molecule has 1 atom stereocenters. The Morgan fingerprint density at radius 3 is 2.89 bits per heavy atom. The molecule has 0 radical (unpaired) electrons. The molecular formula is C14H26N4. The molecule has 1 N–H and O–H groups in total. The van der Waals surface area contributed by atoms with E-state index in [1.54, 1.807) is 0 Å². The molecule has 18 heavy (non-hydrogen) atoms. The van der Waals surface area contributed by atoms with E-state index in [4.69, 9.17) is 0 Å². The lowest BCUT2D eigenvalue weighted by molar-refractivity contribution is 0.173. The van der Waals surface area contributed by atoms with Gasteiger partial charge in [-0.1, -0.05) is 6.42 Å². The van der Waals surface area contributed by atoms with E-state index < -0.39 is 0 Å². The van der Waals surface area contributed by atoms with E-state index in [0.717, 1.165) is 13.1 Å². The zero-order valence-electron chi connectivity index (χ0n) is 11.9. The number of nitrogens with one attached hydrogen (secondary N) is 1. The van der Waals surface area contributed by atoms with Crippen molar-refractivity contribution in [1.82, 2.24) is 20.0 Å². The maximum absolute atomic E-state index is 4.25. The number of aromatic nitrogens is 2. The second kappa shape index (κ2) is 6.34. The van der Waals surface area contributed by atoms with Gasteiger partial charge in [0.25, 0.3) is 0 Å². The summed E-state index contributed by atoms with van der Waals surface area (Å²) in [6.07, 6.45) is 5.90. The molecule has 2 rings (SSSR count). The van der Waals surface area contributed by atoms with E-state index in [1.807, 2.05) is 17.9 Å². The standard InChI is InChI=1S/C14H26N4/c1-12(2)18(10-13-6-4-5-8-15-13)11-14-7-9-16-17(14)3/h7,9,12-13,15H,4-6,8,10-11H2,1-3H3. The highest BCUT2D eigenvalue weighted by molar-refractivity contribution is 5.00. The first-order valence-corrected chi connectivity index (χ1v) is 7.11. The van der Waals surface area contributed by atoms with E-state index in [0.29, 0.717) is 12.1 Å². The molecule has 0 aliphatic carbocycles. The Balaban J connectivity index is 1.93. The van der Waals surface area contributed by atoms with Crippen LogP contribution >= 0.6 is 0 Å². The highest BCUT2D eigenvalue weighted by atomic mass is 15.3. The highest BCUT2D eigenvalue weighted by Crippen LogP contribution is 2.13. The number of aryl methyl sites for hydroxylation is 1. The summed E-state index contributed by atoms with van der Waals surface area (Å²) in [5, 5.41) is 7.88. The van der Waals surface area contributed by atoms with Gasteiger partial charge in [-0.2, -0.15) is 5.10 Å². The van der Waals surface area contributed by atoms with Crippen LogP contribution in [-0.2, 0) is 13.6 Å². The number of hydrogen-bond acceptors (Lipinski definition) is 3. The predicted octanol–water partition coefficient (Wildman–Crippen LogP) is 1.77.